The summed E-state index contributed by atoms with van der Waals surface area (Å²) < 4.78 is 55.5. The summed E-state index contributed by atoms with van der Waals surface area (Å²) >= 11 is 6.14. The summed E-state index contributed by atoms with van der Waals surface area (Å²) in [6, 6.07) is 6.71. The van der Waals surface area contributed by atoms with E-state index < -0.39 is 12.3 Å². The number of carbonyl (C=O) groups excluding carboxylic acids is 1. The monoisotopic (exact) mass is 593 g/mol. The van der Waals surface area contributed by atoms with Gasteiger partial charge in [-0.2, -0.15) is 28.2 Å². The molecule has 2 fully saturated rings. The van der Waals surface area contributed by atoms with Crippen molar-refractivity contribution in [1.29, 1.82) is 0 Å². The van der Waals surface area contributed by atoms with Gasteiger partial charge in [0.1, 0.15) is 11.9 Å². The number of nitrogens with zero attached hydrogens (tertiary/aromatic N) is 5. The van der Waals surface area contributed by atoms with Crippen LogP contribution in [0.2, 0.25) is 5.02 Å². The number of aryl methyl sites for hydroxylation is 1. The van der Waals surface area contributed by atoms with E-state index >= 15 is 0 Å². The molecular weight excluding hydrogens is 563 g/mol. The number of rotatable bonds is 7. The predicted molar refractivity (Wildman–Crippen MR) is 146 cm³/mol. The molecule has 0 saturated carbocycles. The predicted octanol–water partition coefficient (Wildman–Crippen LogP) is 4.31. The van der Waals surface area contributed by atoms with Crippen LogP contribution < -0.4 is 20.7 Å². The Morgan fingerprint density at radius 3 is 2.66 bits per heavy atom. The molecule has 2 saturated heterocycles. The number of ether oxygens (including phenoxy) is 2. The molecule has 1 spiro atoms. The largest absolute Gasteiger partial charge is 0.465 e. The van der Waals surface area contributed by atoms with E-state index in [1.165, 1.54) is 28.9 Å². The molecule has 0 unspecified atom stereocenters. The van der Waals surface area contributed by atoms with Crippen LogP contribution in [0, 0.1) is 5.41 Å². The Bertz CT molecular complexity index is 1410. The summed E-state index contributed by atoms with van der Waals surface area (Å²) in [7, 11) is 1.67. The Balaban J connectivity index is 1.36. The number of halogens is 4. The second kappa shape index (κ2) is 11.4. The number of aromatic nitrogens is 4. The molecule has 2 aliphatic heterocycles. The van der Waals surface area contributed by atoms with Crippen LogP contribution in [-0.4, -0.2) is 64.2 Å². The molecule has 41 heavy (non-hydrogen) atoms. The molecule has 2 atom stereocenters. The van der Waals surface area contributed by atoms with Crippen LogP contribution in [0.4, 0.5) is 24.9 Å². The molecule has 3 aromatic rings. The van der Waals surface area contributed by atoms with Gasteiger partial charge in [0.15, 0.2) is 0 Å². The minimum atomic E-state index is -4.79. The zero-order valence-corrected chi connectivity index (χ0v) is 23.4. The first kappa shape index (κ1) is 28.9. The third-order valence-corrected chi connectivity index (χ3v) is 7.84. The normalized spacial score (nSPS) is 19.4. The van der Waals surface area contributed by atoms with Crippen LogP contribution in [0.25, 0.3) is 11.3 Å². The fourth-order valence-corrected chi connectivity index (χ4v) is 5.71. The highest BCUT2D eigenvalue weighted by atomic mass is 35.5. The van der Waals surface area contributed by atoms with E-state index in [1.807, 2.05) is 4.90 Å². The van der Waals surface area contributed by atoms with E-state index in [0.29, 0.717) is 44.2 Å². The maximum absolute atomic E-state index is 14.4. The van der Waals surface area contributed by atoms with Gasteiger partial charge in [-0.3, -0.25) is 9.48 Å². The topological polar surface area (TPSA) is 120 Å². The van der Waals surface area contributed by atoms with Crippen molar-refractivity contribution in [1.82, 2.24) is 25.1 Å². The Hall–Kier alpha value is -3.58. The maximum atomic E-state index is 14.4. The minimum absolute atomic E-state index is 0.0658. The molecule has 2 aliphatic rings. The quantitative estimate of drug-likeness (QED) is 0.386. The van der Waals surface area contributed by atoms with Crippen molar-refractivity contribution in [2.75, 3.05) is 36.9 Å². The Morgan fingerprint density at radius 1 is 1.24 bits per heavy atom. The smallest absolute Gasteiger partial charge is 0.429 e. The summed E-state index contributed by atoms with van der Waals surface area (Å²) in [6.45, 7) is 3.96. The third kappa shape index (κ3) is 6.35. The number of piperidine rings is 1. The summed E-state index contributed by atoms with van der Waals surface area (Å²) in [6.07, 6.45) is -3.33. The lowest BCUT2D eigenvalue weighted by molar-refractivity contribution is -0.198. The van der Waals surface area contributed by atoms with Crippen molar-refractivity contribution in [2.24, 2.45) is 12.5 Å². The van der Waals surface area contributed by atoms with Crippen LogP contribution in [0.3, 0.4) is 0 Å². The van der Waals surface area contributed by atoms with E-state index in [4.69, 9.17) is 26.8 Å². The Kier molecular flexibility index (Phi) is 8.02. The van der Waals surface area contributed by atoms with E-state index in [1.54, 1.807) is 26.2 Å². The maximum Gasteiger partial charge on any atom is 0.429 e. The van der Waals surface area contributed by atoms with Crippen molar-refractivity contribution in [2.45, 2.75) is 44.5 Å². The molecule has 220 valence electrons. The molecule has 5 rings (SSSR count). The third-order valence-electron chi connectivity index (χ3n) is 7.61. The molecule has 0 amide bonds. The van der Waals surface area contributed by atoms with Crippen molar-refractivity contribution < 1.29 is 27.4 Å². The zero-order chi connectivity index (χ0) is 29.4. The molecule has 4 heterocycles. The van der Waals surface area contributed by atoms with E-state index in [0.717, 1.165) is 12.8 Å². The highest BCUT2D eigenvalue weighted by Gasteiger charge is 2.46. The van der Waals surface area contributed by atoms with Crippen molar-refractivity contribution in [3.05, 3.63) is 47.1 Å². The first-order chi connectivity index (χ1) is 19.5. The van der Waals surface area contributed by atoms with Gasteiger partial charge in [-0.15, -0.1) is 0 Å². The summed E-state index contributed by atoms with van der Waals surface area (Å²) in [4.78, 5) is 22.4. The molecule has 10 nitrogen and oxygen atoms in total. The number of benzene rings is 1. The van der Waals surface area contributed by atoms with Gasteiger partial charge in [0.2, 0.25) is 17.9 Å². The summed E-state index contributed by atoms with van der Waals surface area (Å²) in [5, 5.41) is 7.78. The molecule has 1 aromatic carbocycles. The molecule has 2 aromatic heterocycles. The molecule has 3 N–H and O–H groups in total. The van der Waals surface area contributed by atoms with Crippen LogP contribution >= 0.6 is 11.6 Å². The SMILES string of the molecule is CCOC(=O)[C@@H]1CC2(CCN(c3cc(O[C@H](c4ccc(Cl)cc4-c4ccn(C)n4)C(F)(F)F)nc(N)n3)CC2)CN1. The standard InChI is InChI=1S/C27H31ClF3N7O3/c1-3-40-24(39)20-14-26(15-33-20)7-10-38(11-8-26)21-13-22(35-25(32)34-21)41-23(27(29,30)31)17-5-4-16(28)12-18(17)19-6-9-37(2)36-19/h4-6,9,12-13,20,23,33H,3,7-8,10-11,14-15H2,1-2H3,(H2,32,34,35)/t20-,23+/m0/s1. The lowest BCUT2D eigenvalue weighted by Crippen LogP contribution is -2.41. The van der Waals surface area contributed by atoms with Gasteiger partial charge in [-0.1, -0.05) is 17.7 Å². The Labute approximate surface area is 240 Å². The number of nitrogen functional groups attached to an aromatic ring is 1. The van der Waals surface area contributed by atoms with Crippen LogP contribution in [0.5, 0.6) is 5.88 Å². The molecule has 0 bridgehead atoms. The van der Waals surface area contributed by atoms with E-state index in [-0.39, 0.29) is 45.4 Å². The summed E-state index contributed by atoms with van der Waals surface area (Å²) in [5.74, 6) is -0.382. The van der Waals surface area contributed by atoms with Gasteiger partial charge in [0.05, 0.1) is 12.3 Å². The van der Waals surface area contributed by atoms with Gasteiger partial charge < -0.3 is 25.4 Å². The van der Waals surface area contributed by atoms with Crippen molar-refractivity contribution in [3.63, 3.8) is 0 Å². The molecule has 14 heteroatoms. The number of hydrogen-bond donors (Lipinski definition) is 2. The number of esters is 1. The van der Waals surface area contributed by atoms with E-state index in [9.17, 15) is 18.0 Å². The van der Waals surface area contributed by atoms with Crippen LogP contribution in [-0.2, 0) is 16.6 Å². The fourth-order valence-electron chi connectivity index (χ4n) is 5.54. The van der Waals surface area contributed by atoms with Gasteiger partial charge in [0, 0.05) is 55.1 Å². The van der Waals surface area contributed by atoms with Gasteiger partial charge in [-0.25, -0.2) is 0 Å². The van der Waals surface area contributed by atoms with Crippen molar-refractivity contribution >= 4 is 29.3 Å². The van der Waals surface area contributed by atoms with Gasteiger partial charge >= 0.3 is 12.1 Å². The van der Waals surface area contributed by atoms with Crippen molar-refractivity contribution in [3.8, 4) is 17.1 Å². The van der Waals surface area contributed by atoms with E-state index in [2.05, 4.69) is 20.4 Å². The number of alkyl halides is 3. The molecular formula is C27H31ClF3N7O3. The Morgan fingerprint density at radius 2 is 2.00 bits per heavy atom. The first-order valence-corrected chi connectivity index (χ1v) is 13.7. The second-order valence-corrected chi connectivity index (χ2v) is 10.9. The highest BCUT2D eigenvalue weighted by Crippen LogP contribution is 2.43. The van der Waals surface area contributed by atoms with Gasteiger partial charge in [0.25, 0.3) is 0 Å². The lowest BCUT2D eigenvalue weighted by Gasteiger charge is -2.39. The number of carbonyl (C=O) groups is 1. The number of anilines is 2. The highest BCUT2D eigenvalue weighted by molar-refractivity contribution is 6.30. The minimum Gasteiger partial charge on any atom is -0.465 e. The lowest BCUT2D eigenvalue weighted by atomic mass is 9.76. The fraction of sp³-hybridized carbons (Fsp3) is 0.481. The number of hydrogen-bond acceptors (Lipinski definition) is 9. The number of nitrogens with two attached hydrogens (primary N) is 1. The summed E-state index contributed by atoms with van der Waals surface area (Å²) in [5.41, 5.74) is 6.21. The molecule has 0 aliphatic carbocycles. The molecule has 0 radical (unpaired) electrons. The number of nitrogens with one attached hydrogen (secondary N) is 1. The first-order valence-electron chi connectivity index (χ1n) is 13.3. The van der Waals surface area contributed by atoms with Crippen LogP contribution in [0.15, 0.2) is 36.5 Å². The average Bonchev–Trinajstić information content (AvgIpc) is 3.54. The van der Waals surface area contributed by atoms with Gasteiger partial charge in [-0.05, 0) is 49.8 Å². The van der Waals surface area contributed by atoms with Crippen LogP contribution in [0.1, 0.15) is 37.9 Å². The average molecular weight is 594 g/mol. The zero-order valence-electron chi connectivity index (χ0n) is 22.6. The second-order valence-electron chi connectivity index (χ2n) is 10.4.